The Labute approximate surface area is 143 Å². The van der Waals surface area contributed by atoms with E-state index in [0.717, 1.165) is 25.3 Å². The topological polar surface area (TPSA) is 53.6 Å². The van der Waals surface area contributed by atoms with Crippen LogP contribution in [0.15, 0.2) is 24.3 Å². The summed E-state index contributed by atoms with van der Waals surface area (Å²) >= 11 is 0. The van der Waals surface area contributed by atoms with Gasteiger partial charge in [0, 0.05) is 31.1 Å². The van der Waals surface area contributed by atoms with E-state index in [1.165, 1.54) is 25.9 Å². The molecule has 5 nitrogen and oxygen atoms in total. The Bertz CT molecular complexity index is 581. The fourth-order valence-electron chi connectivity index (χ4n) is 4.18. The molecular weight excluding hydrogens is 302 g/mol. The molecule has 4 fully saturated rings. The number of benzene rings is 1. The fraction of sp³-hybridized carbons (Fsp3) is 0.632. The van der Waals surface area contributed by atoms with E-state index in [2.05, 4.69) is 22.5 Å². The number of carbonyl (C=O) groups is 1. The first-order chi connectivity index (χ1) is 11.7. The van der Waals surface area contributed by atoms with E-state index in [4.69, 9.17) is 4.74 Å². The van der Waals surface area contributed by atoms with E-state index in [1.54, 1.807) is 0 Å². The van der Waals surface area contributed by atoms with Crippen molar-refractivity contribution in [1.82, 2.24) is 15.5 Å². The SMILES string of the molecule is CC1CNC(Oc2ccc(C(=O)N[C@H]3CN4CCC3CC4)cc2)C1. The molecule has 2 unspecified atom stereocenters. The third kappa shape index (κ3) is 3.42. The van der Waals surface area contributed by atoms with Crippen molar-refractivity contribution >= 4 is 5.91 Å². The first kappa shape index (κ1) is 15.9. The zero-order valence-electron chi connectivity index (χ0n) is 14.3. The van der Waals surface area contributed by atoms with E-state index >= 15 is 0 Å². The zero-order chi connectivity index (χ0) is 16.5. The maximum atomic E-state index is 12.5. The lowest BCUT2D eigenvalue weighted by atomic mass is 9.84. The fourth-order valence-corrected chi connectivity index (χ4v) is 4.18. The van der Waals surface area contributed by atoms with Gasteiger partial charge in [0.15, 0.2) is 6.23 Å². The van der Waals surface area contributed by atoms with E-state index in [0.29, 0.717) is 23.4 Å². The molecule has 1 aromatic carbocycles. The van der Waals surface area contributed by atoms with E-state index < -0.39 is 0 Å². The van der Waals surface area contributed by atoms with Crippen LogP contribution in [0.4, 0.5) is 0 Å². The molecule has 1 amide bonds. The number of fused-ring (bicyclic) bond motifs is 3. The van der Waals surface area contributed by atoms with Gasteiger partial charge in [-0.15, -0.1) is 0 Å². The first-order valence-electron chi connectivity index (χ1n) is 9.21. The quantitative estimate of drug-likeness (QED) is 0.885. The van der Waals surface area contributed by atoms with E-state index in [1.807, 2.05) is 24.3 Å². The van der Waals surface area contributed by atoms with Gasteiger partial charge in [0.25, 0.3) is 5.91 Å². The second-order valence-electron chi connectivity index (χ2n) is 7.60. The van der Waals surface area contributed by atoms with Crippen LogP contribution < -0.4 is 15.4 Å². The minimum Gasteiger partial charge on any atom is -0.475 e. The summed E-state index contributed by atoms with van der Waals surface area (Å²) < 4.78 is 5.92. The molecule has 2 N–H and O–H groups in total. The van der Waals surface area contributed by atoms with Gasteiger partial charge in [0.1, 0.15) is 5.75 Å². The van der Waals surface area contributed by atoms with Crippen molar-refractivity contribution in [1.29, 1.82) is 0 Å². The van der Waals surface area contributed by atoms with Crippen LogP contribution in [0.5, 0.6) is 5.75 Å². The Morgan fingerprint density at radius 1 is 1.25 bits per heavy atom. The Hall–Kier alpha value is -1.59. The summed E-state index contributed by atoms with van der Waals surface area (Å²) in [5, 5.41) is 6.59. The summed E-state index contributed by atoms with van der Waals surface area (Å²) in [4.78, 5) is 15.0. The predicted octanol–water partition coefficient (Wildman–Crippen LogP) is 1.84. The van der Waals surface area contributed by atoms with Crippen LogP contribution in [-0.4, -0.2) is 49.3 Å². The van der Waals surface area contributed by atoms with Crippen molar-refractivity contribution in [3.8, 4) is 5.75 Å². The highest BCUT2D eigenvalue weighted by Gasteiger charge is 2.34. The van der Waals surface area contributed by atoms with Crippen LogP contribution in [0.25, 0.3) is 0 Å². The highest BCUT2D eigenvalue weighted by molar-refractivity contribution is 5.94. The molecule has 4 aliphatic rings. The summed E-state index contributed by atoms with van der Waals surface area (Å²) in [6.07, 6.45) is 3.54. The Morgan fingerprint density at radius 3 is 2.58 bits per heavy atom. The first-order valence-corrected chi connectivity index (χ1v) is 9.21. The molecule has 24 heavy (non-hydrogen) atoms. The number of ether oxygens (including phenoxy) is 1. The average molecular weight is 329 g/mol. The summed E-state index contributed by atoms with van der Waals surface area (Å²) in [5.74, 6) is 2.16. The van der Waals surface area contributed by atoms with Crippen LogP contribution in [0, 0.1) is 11.8 Å². The van der Waals surface area contributed by atoms with Gasteiger partial charge in [-0.1, -0.05) is 6.92 Å². The van der Waals surface area contributed by atoms with Crippen molar-refractivity contribution in [3.63, 3.8) is 0 Å². The summed E-state index contributed by atoms with van der Waals surface area (Å²) in [6, 6.07) is 7.83. The normalized spacial score (nSPS) is 35.0. The van der Waals surface area contributed by atoms with Gasteiger partial charge in [-0.3, -0.25) is 10.1 Å². The number of amides is 1. The van der Waals surface area contributed by atoms with Gasteiger partial charge in [0.2, 0.25) is 0 Å². The molecule has 5 heteroatoms. The molecule has 4 aliphatic heterocycles. The molecule has 0 aliphatic carbocycles. The molecule has 3 atom stereocenters. The Balaban J connectivity index is 1.33. The second-order valence-corrected chi connectivity index (χ2v) is 7.60. The van der Waals surface area contributed by atoms with E-state index in [-0.39, 0.29) is 12.1 Å². The molecule has 4 saturated heterocycles. The lowest BCUT2D eigenvalue weighted by Crippen LogP contribution is -2.57. The molecule has 130 valence electrons. The van der Waals surface area contributed by atoms with Crippen LogP contribution in [0.2, 0.25) is 0 Å². The van der Waals surface area contributed by atoms with Crippen molar-refractivity contribution in [3.05, 3.63) is 29.8 Å². The monoisotopic (exact) mass is 329 g/mol. The maximum absolute atomic E-state index is 12.5. The summed E-state index contributed by atoms with van der Waals surface area (Å²) in [7, 11) is 0. The van der Waals surface area contributed by atoms with Crippen molar-refractivity contribution in [2.45, 2.75) is 38.5 Å². The number of nitrogens with zero attached hydrogens (tertiary/aromatic N) is 1. The molecule has 1 aromatic rings. The molecule has 4 heterocycles. The number of hydrogen-bond acceptors (Lipinski definition) is 4. The number of piperidine rings is 3. The molecule has 0 spiro atoms. The Morgan fingerprint density at radius 2 is 2.00 bits per heavy atom. The summed E-state index contributed by atoms with van der Waals surface area (Å²) in [5.41, 5.74) is 0.714. The lowest BCUT2D eigenvalue weighted by molar-refractivity contribution is 0.0620. The molecule has 0 saturated carbocycles. The number of rotatable bonds is 4. The van der Waals surface area contributed by atoms with Gasteiger partial charge >= 0.3 is 0 Å². The van der Waals surface area contributed by atoms with Crippen molar-refractivity contribution < 1.29 is 9.53 Å². The minimum absolute atomic E-state index is 0.0351. The van der Waals surface area contributed by atoms with Gasteiger partial charge < -0.3 is 15.0 Å². The molecule has 2 bridgehead atoms. The maximum Gasteiger partial charge on any atom is 0.251 e. The average Bonchev–Trinajstić information content (AvgIpc) is 3.01. The van der Waals surface area contributed by atoms with Gasteiger partial charge in [-0.25, -0.2) is 0 Å². The predicted molar refractivity (Wildman–Crippen MR) is 93.1 cm³/mol. The second kappa shape index (κ2) is 6.73. The molecule has 0 aromatic heterocycles. The van der Waals surface area contributed by atoms with Crippen LogP contribution in [0.3, 0.4) is 0 Å². The van der Waals surface area contributed by atoms with Crippen LogP contribution in [0.1, 0.15) is 36.5 Å². The summed E-state index contributed by atoms with van der Waals surface area (Å²) in [6.45, 7) is 6.61. The third-order valence-corrected chi connectivity index (χ3v) is 5.68. The van der Waals surface area contributed by atoms with Gasteiger partial charge in [-0.05, 0) is 62.0 Å². The van der Waals surface area contributed by atoms with Gasteiger partial charge in [0.05, 0.1) is 0 Å². The minimum atomic E-state index is 0.0351. The largest absolute Gasteiger partial charge is 0.475 e. The number of nitrogens with one attached hydrogen (secondary N) is 2. The van der Waals surface area contributed by atoms with Crippen LogP contribution in [-0.2, 0) is 0 Å². The highest BCUT2D eigenvalue weighted by Crippen LogP contribution is 2.27. The van der Waals surface area contributed by atoms with Crippen molar-refractivity contribution in [2.75, 3.05) is 26.2 Å². The van der Waals surface area contributed by atoms with Crippen LogP contribution >= 0.6 is 0 Å². The van der Waals surface area contributed by atoms with E-state index in [9.17, 15) is 4.79 Å². The van der Waals surface area contributed by atoms with Crippen molar-refractivity contribution in [2.24, 2.45) is 11.8 Å². The van der Waals surface area contributed by atoms with Gasteiger partial charge in [-0.2, -0.15) is 0 Å². The number of hydrogen-bond donors (Lipinski definition) is 2. The lowest BCUT2D eigenvalue weighted by Gasteiger charge is -2.44. The smallest absolute Gasteiger partial charge is 0.251 e. The molecule has 0 radical (unpaired) electrons. The zero-order valence-corrected chi connectivity index (χ0v) is 14.3. The molecule has 5 rings (SSSR count). The highest BCUT2D eigenvalue weighted by atomic mass is 16.5. The Kier molecular flexibility index (Phi) is 4.46. The number of carbonyl (C=O) groups excluding carboxylic acids is 1. The third-order valence-electron chi connectivity index (χ3n) is 5.68. The molecular formula is C19H27N3O2. The standard InChI is InChI=1S/C19H27N3O2/c1-13-10-18(20-11-13)24-16-4-2-15(3-5-16)19(23)21-17-12-22-8-6-14(17)7-9-22/h2-5,13-14,17-18,20H,6-12H2,1H3,(H,21,23)/t13?,17-,18?/m0/s1.